The third-order valence-electron chi connectivity index (χ3n) is 4.20. The minimum Gasteiger partial charge on any atom is -0.495 e. The van der Waals surface area contributed by atoms with Crippen LogP contribution in [0.3, 0.4) is 0 Å². The molecule has 0 spiro atoms. The van der Waals surface area contributed by atoms with E-state index in [2.05, 4.69) is 43.5 Å². The van der Waals surface area contributed by atoms with E-state index in [4.69, 9.17) is 33.3 Å². The number of anilines is 1. The first-order valence-corrected chi connectivity index (χ1v) is 10.2. The molecule has 2 aromatic carbocycles. The van der Waals surface area contributed by atoms with Gasteiger partial charge in [-0.15, -0.1) is 0 Å². The number of benzene rings is 2. The van der Waals surface area contributed by atoms with Gasteiger partial charge in [-0.25, -0.2) is 0 Å². The molecule has 2 aromatic rings. The predicted octanol–water partition coefficient (Wildman–Crippen LogP) is 5.32. The lowest BCUT2D eigenvalue weighted by molar-refractivity contribution is -0.119. The van der Waals surface area contributed by atoms with Crippen molar-refractivity contribution in [3.05, 3.63) is 53.1 Å². The summed E-state index contributed by atoms with van der Waals surface area (Å²) in [5, 5.41) is 6.30. The Labute approximate surface area is 182 Å². The zero-order valence-electron chi connectivity index (χ0n) is 17.2. The van der Waals surface area contributed by atoms with Gasteiger partial charge in [-0.2, -0.15) is 0 Å². The molecule has 2 rings (SSSR count). The number of carbonyl (C=O) groups is 1. The van der Waals surface area contributed by atoms with Crippen molar-refractivity contribution in [1.82, 2.24) is 5.32 Å². The van der Waals surface area contributed by atoms with E-state index in [0.29, 0.717) is 35.9 Å². The second-order valence-electron chi connectivity index (χ2n) is 7.57. The Hall–Kier alpha value is -2.31. The number of amides is 1. The average Bonchev–Trinajstić information content (AvgIpc) is 2.65. The van der Waals surface area contributed by atoms with E-state index in [-0.39, 0.29) is 16.4 Å². The van der Waals surface area contributed by atoms with Crippen LogP contribution < -0.4 is 20.1 Å². The lowest BCUT2D eigenvalue weighted by Crippen LogP contribution is -2.34. The van der Waals surface area contributed by atoms with E-state index in [1.807, 2.05) is 12.1 Å². The average molecular weight is 435 g/mol. The summed E-state index contributed by atoms with van der Waals surface area (Å²) in [6.45, 7) is 6.96. The highest BCUT2D eigenvalue weighted by atomic mass is 35.5. The molecule has 0 saturated carbocycles. The van der Waals surface area contributed by atoms with Gasteiger partial charge in [0.2, 0.25) is 5.91 Å². The zero-order chi connectivity index (χ0) is 21.4. The molecular formula is C22H27ClN2O3S. The van der Waals surface area contributed by atoms with Crippen LogP contribution in [0, 0.1) is 0 Å². The van der Waals surface area contributed by atoms with Crippen molar-refractivity contribution in [2.45, 2.75) is 39.0 Å². The van der Waals surface area contributed by atoms with E-state index < -0.39 is 0 Å². The van der Waals surface area contributed by atoms with Crippen molar-refractivity contribution in [2.75, 3.05) is 19.0 Å². The van der Waals surface area contributed by atoms with Crippen molar-refractivity contribution in [3.8, 4) is 11.5 Å². The molecule has 156 valence electrons. The van der Waals surface area contributed by atoms with Crippen LogP contribution in [-0.4, -0.2) is 24.7 Å². The minimum absolute atomic E-state index is 0.109. The lowest BCUT2D eigenvalue weighted by Gasteiger charge is -2.19. The Balaban J connectivity index is 1.73. The van der Waals surface area contributed by atoms with Crippen LogP contribution in [0.15, 0.2) is 42.5 Å². The Morgan fingerprint density at radius 2 is 1.83 bits per heavy atom. The molecule has 0 saturated heterocycles. The van der Waals surface area contributed by atoms with Gasteiger partial charge in [-0.1, -0.05) is 44.5 Å². The van der Waals surface area contributed by atoms with Crippen molar-refractivity contribution in [2.24, 2.45) is 0 Å². The number of rotatable bonds is 7. The molecule has 1 amide bonds. The topological polar surface area (TPSA) is 59.6 Å². The Morgan fingerprint density at radius 3 is 2.45 bits per heavy atom. The molecule has 0 aliphatic carbocycles. The van der Waals surface area contributed by atoms with Crippen LogP contribution in [-0.2, 0) is 10.2 Å². The number of ether oxygens (including phenoxy) is 2. The van der Waals surface area contributed by atoms with Crippen molar-refractivity contribution in [1.29, 1.82) is 0 Å². The fourth-order valence-electron chi connectivity index (χ4n) is 2.59. The van der Waals surface area contributed by atoms with Gasteiger partial charge in [0, 0.05) is 11.4 Å². The van der Waals surface area contributed by atoms with Gasteiger partial charge in [0.1, 0.15) is 11.5 Å². The zero-order valence-corrected chi connectivity index (χ0v) is 18.7. The summed E-state index contributed by atoms with van der Waals surface area (Å²) in [6.07, 6.45) is 0.879. The molecule has 0 unspecified atom stereocenters. The summed E-state index contributed by atoms with van der Waals surface area (Å²) in [5.41, 5.74) is 1.95. The van der Waals surface area contributed by atoms with Crippen LogP contribution in [0.4, 0.5) is 5.69 Å². The monoisotopic (exact) mass is 434 g/mol. The standard InChI is InChI=1S/C22H27ClN2O3S/c1-22(2,3)15-7-10-17(11-8-15)28-13-5-6-20(26)25-21(29)24-18-14-16(23)9-12-19(18)27-4/h7-12,14H,5-6,13H2,1-4H3,(H2,24,25,26,29). The summed E-state index contributed by atoms with van der Waals surface area (Å²) >= 11 is 11.2. The van der Waals surface area contributed by atoms with Crippen LogP contribution in [0.1, 0.15) is 39.2 Å². The normalized spacial score (nSPS) is 10.9. The molecular weight excluding hydrogens is 408 g/mol. The third-order valence-corrected chi connectivity index (χ3v) is 4.64. The van der Waals surface area contributed by atoms with Gasteiger partial charge in [0.05, 0.1) is 19.4 Å². The maximum atomic E-state index is 12.1. The number of hydrogen-bond donors (Lipinski definition) is 2. The number of methoxy groups -OCH3 is 1. The quantitative estimate of drug-likeness (QED) is 0.456. The second kappa shape index (κ2) is 10.5. The number of hydrogen-bond acceptors (Lipinski definition) is 4. The maximum Gasteiger partial charge on any atom is 0.226 e. The highest BCUT2D eigenvalue weighted by Crippen LogP contribution is 2.27. The first kappa shape index (κ1) is 23.0. The fourth-order valence-corrected chi connectivity index (χ4v) is 2.99. The molecule has 0 atom stereocenters. The number of carbonyl (C=O) groups excluding carboxylic acids is 1. The van der Waals surface area contributed by atoms with Crippen LogP contribution in [0.25, 0.3) is 0 Å². The van der Waals surface area contributed by atoms with Crippen LogP contribution in [0.5, 0.6) is 11.5 Å². The molecule has 5 nitrogen and oxygen atoms in total. The van der Waals surface area contributed by atoms with Crippen LogP contribution in [0.2, 0.25) is 5.02 Å². The van der Waals surface area contributed by atoms with E-state index >= 15 is 0 Å². The first-order valence-electron chi connectivity index (χ1n) is 9.37. The molecule has 0 radical (unpaired) electrons. The number of thiocarbonyl (C=S) groups is 1. The molecule has 7 heteroatoms. The summed E-state index contributed by atoms with van der Waals surface area (Å²) in [7, 11) is 1.55. The summed E-state index contributed by atoms with van der Waals surface area (Å²) in [4.78, 5) is 12.1. The highest BCUT2D eigenvalue weighted by Gasteiger charge is 2.13. The fraction of sp³-hybridized carbons (Fsp3) is 0.364. The maximum absolute atomic E-state index is 12.1. The Kier molecular flexibility index (Phi) is 8.29. The lowest BCUT2D eigenvalue weighted by atomic mass is 9.87. The molecule has 0 bridgehead atoms. The molecule has 0 aromatic heterocycles. The summed E-state index contributed by atoms with van der Waals surface area (Å²) < 4.78 is 11.0. The molecule has 0 aliphatic heterocycles. The first-order chi connectivity index (χ1) is 13.7. The SMILES string of the molecule is COc1ccc(Cl)cc1NC(=S)NC(=O)CCCOc1ccc(C(C)(C)C)cc1. The van der Waals surface area contributed by atoms with E-state index in [0.717, 1.165) is 5.75 Å². The van der Waals surface area contributed by atoms with Gasteiger partial charge in [0.25, 0.3) is 0 Å². The van der Waals surface area contributed by atoms with E-state index in [9.17, 15) is 4.79 Å². The van der Waals surface area contributed by atoms with Crippen LogP contribution >= 0.6 is 23.8 Å². The third kappa shape index (κ3) is 7.55. The van der Waals surface area contributed by atoms with Gasteiger partial charge in [-0.05, 0) is 59.9 Å². The van der Waals surface area contributed by atoms with Gasteiger partial charge in [-0.3, -0.25) is 4.79 Å². The number of nitrogens with one attached hydrogen (secondary N) is 2. The van der Waals surface area contributed by atoms with E-state index in [1.54, 1.807) is 25.3 Å². The van der Waals surface area contributed by atoms with Crippen molar-refractivity contribution < 1.29 is 14.3 Å². The largest absolute Gasteiger partial charge is 0.495 e. The second-order valence-corrected chi connectivity index (χ2v) is 8.42. The molecule has 0 heterocycles. The molecule has 29 heavy (non-hydrogen) atoms. The predicted molar refractivity (Wildman–Crippen MR) is 122 cm³/mol. The summed E-state index contributed by atoms with van der Waals surface area (Å²) in [6, 6.07) is 13.2. The van der Waals surface area contributed by atoms with Gasteiger partial charge < -0.3 is 20.1 Å². The number of halogens is 1. The van der Waals surface area contributed by atoms with Gasteiger partial charge >= 0.3 is 0 Å². The Morgan fingerprint density at radius 1 is 1.14 bits per heavy atom. The molecule has 0 aliphatic rings. The smallest absolute Gasteiger partial charge is 0.226 e. The molecule has 2 N–H and O–H groups in total. The van der Waals surface area contributed by atoms with Crippen molar-refractivity contribution >= 4 is 40.5 Å². The highest BCUT2D eigenvalue weighted by molar-refractivity contribution is 7.80. The summed E-state index contributed by atoms with van der Waals surface area (Å²) in [5.74, 6) is 1.19. The minimum atomic E-state index is -0.185. The van der Waals surface area contributed by atoms with Crippen molar-refractivity contribution in [3.63, 3.8) is 0 Å². The van der Waals surface area contributed by atoms with Gasteiger partial charge in [0.15, 0.2) is 5.11 Å². The molecule has 0 fully saturated rings. The van der Waals surface area contributed by atoms with E-state index in [1.165, 1.54) is 5.56 Å². The Bertz CT molecular complexity index is 848.